The summed E-state index contributed by atoms with van der Waals surface area (Å²) in [4.78, 5) is 0. The van der Waals surface area contributed by atoms with E-state index in [0.29, 0.717) is 6.61 Å². The quantitative estimate of drug-likeness (QED) is 0.532. The van der Waals surface area contributed by atoms with Gasteiger partial charge in [0.1, 0.15) is 18.8 Å². The van der Waals surface area contributed by atoms with E-state index in [1.807, 2.05) is 22.9 Å². The molecule has 1 aliphatic carbocycles. The minimum absolute atomic E-state index is 0.195. The van der Waals surface area contributed by atoms with Crippen molar-refractivity contribution in [3.8, 4) is 5.69 Å². The van der Waals surface area contributed by atoms with Crippen LogP contribution in [0.4, 0.5) is 0 Å². The van der Waals surface area contributed by atoms with Gasteiger partial charge in [-0.1, -0.05) is 35.0 Å². The molecule has 5 rings (SSSR count). The average molecular weight is 448 g/mol. The van der Waals surface area contributed by atoms with E-state index in [0.717, 1.165) is 26.9 Å². The number of benzene rings is 2. The van der Waals surface area contributed by atoms with Crippen molar-refractivity contribution >= 4 is 31.9 Å². The first-order chi connectivity index (χ1) is 11.7. The molecule has 0 saturated heterocycles. The van der Waals surface area contributed by atoms with Gasteiger partial charge in [-0.15, -0.1) is 0 Å². The smallest absolute Gasteiger partial charge is 0.304 e. The molecule has 0 spiro atoms. The van der Waals surface area contributed by atoms with Crippen LogP contribution < -0.4 is 4.57 Å². The second-order valence-corrected chi connectivity index (χ2v) is 7.86. The zero-order chi connectivity index (χ0) is 16.3. The van der Waals surface area contributed by atoms with Gasteiger partial charge in [0.2, 0.25) is 6.33 Å². The van der Waals surface area contributed by atoms with Gasteiger partial charge in [0.05, 0.1) is 8.95 Å². The number of nitrogens with zero attached hydrogens (tertiary/aromatic N) is 3. The maximum absolute atomic E-state index is 6.10. The van der Waals surface area contributed by atoms with Crippen LogP contribution in [0.1, 0.15) is 23.0 Å². The average Bonchev–Trinajstić information content (AvgIpc) is 3.14. The molecule has 120 valence electrons. The molecule has 0 radical (unpaired) electrons. The van der Waals surface area contributed by atoms with Gasteiger partial charge in [0.25, 0.3) is 0 Å². The van der Waals surface area contributed by atoms with Crippen LogP contribution in [0.5, 0.6) is 0 Å². The summed E-state index contributed by atoms with van der Waals surface area (Å²) in [6, 6.07) is 14.9. The summed E-state index contributed by atoms with van der Waals surface area (Å²) in [7, 11) is 0. The summed E-state index contributed by atoms with van der Waals surface area (Å²) >= 11 is 7.26. The van der Waals surface area contributed by atoms with Gasteiger partial charge in [-0.3, -0.25) is 0 Å². The monoisotopic (exact) mass is 446 g/mol. The number of hydrogen-bond donors (Lipinski definition) is 0. The molecular weight excluding hydrogens is 434 g/mol. The Morgan fingerprint density at radius 1 is 1.08 bits per heavy atom. The maximum Gasteiger partial charge on any atom is 0.304 e. The number of rotatable bonds is 1. The Bertz CT molecular complexity index is 933. The van der Waals surface area contributed by atoms with Crippen molar-refractivity contribution < 1.29 is 9.30 Å². The Hall–Kier alpha value is -1.50. The molecule has 4 nitrogen and oxygen atoms in total. The van der Waals surface area contributed by atoms with Crippen molar-refractivity contribution in [2.24, 2.45) is 0 Å². The highest BCUT2D eigenvalue weighted by Gasteiger charge is 2.43. The van der Waals surface area contributed by atoms with E-state index in [-0.39, 0.29) is 12.1 Å². The number of fused-ring (bicyclic) bond motifs is 5. The molecule has 0 fully saturated rings. The van der Waals surface area contributed by atoms with Crippen LogP contribution in [0.2, 0.25) is 0 Å². The molecule has 2 heterocycles. The van der Waals surface area contributed by atoms with E-state index >= 15 is 0 Å². The van der Waals surface area contributed by atoms with Crippen LogP contribution in [-0.4, -0.2) is 15.9 Å². The zero-order valence-electron chi connectivity index (χ0n) is 12.7. The summed E-state index contributed by atoms with van der Waals surface area (Å²) in [5.74, 6) is 0.954. The first-order valence-corrected chi connectivity index (χ1v) is 9.44. The molecule has 2 aromatic carbocycles. The van der Waals surface area contributed by atoms with Gasteiger partial charge in [0, 0.05) is 11.5 Å². The van der Waals surface area contributed by atoms with Crippen LogP contribution in [0.3, 0.4) is 0 Å². The lowest BCUT2D eigenvalue weighted by atomic mass is 10.1. The largest absolute Gasteiger partial charge is 0.363 e. The third-order valence-corrected chi connectivity index (χ3v) is 6.07. The van der Waals surface area contributed by atoms with Crippen molar-refractivity contribution in [2.45, 2.75) is 25.2 Å². The number of hydrogen-bond acceptors (Lipinski definition) is 2. The van der Waals surface area contributed by atoms with Crippen molar-refractivity contribution in [3.63, 3.8) is 0 Å². The Morgan fingerprint density at radius 2 is 1.88 bits per heavy atom. The molecule has 2 atom stereocenters. The summed E-state index contributed by atoms with van der Waals surface area (Å²) in [5.41, 5.74) is 3.73. The standard InChI is InChI=1S/C18H14Br2N3O/c19-13-6-3-7-14(20)18(13)23-10-22-16(21-23)9-24-15-8-11-4-1-2-5-12(11)17(15)22/h1-7,10,15,17H,8-9H2/q+1. The Balaban J connectivity index is 1.66. The molecule has 3 aromatic rings. The van der Waals surface area contributed by atoms with E-state index in [9.17, 15) is 0 Å². The van der Waals surface area contributed by atoms with Crippen molar-refractivity contribution in [1.82, 2.24) is 9.78 Å². The van der Waals surface area contributed by atoms with Crippen molar-refractivity contribution in [3.05, 3.63) is 74.7 Å². The minimum Gasteiger partial charge on any atom is -0.363 e. The minimum atomic E-state index is 0.195. The zero-order valence-corrected chi connectivity index (χ0v) is 15.9. The summed E-state index contributed by atoms with van der Waals surface area (Å²) in [6.45, 7) is 0.546. The lowest BCUT2D eigenvalue weighted by molar-refractivity contribution is -0.739. The lowest BCUT2D eigenvalue weighted by Gasteiger charge is -2.23. The first kappa shape index (κ1) is 14.8. The molecule has 1 aromatic heterocycles. The van der Waals surface area contributed by atoms with Crippen molar-refractivity contribution in [2.75, 3.05) is 0 Å². The number of halogens is 2. The highest BCUT2D eigenvalue weighted by molar-refractivity contribution is 9.11. The summed E-state index contributed by atoms with van der Waals surface area (Å²) in [5, 5.41) is 4.77. The Labute approximate surface area is 156 Å². The SMILES string of the molecule is Brc1cccc(Br)c1-n1c[n+]2c(n1)COC1Cc3ccccc3C12. The molecule has 0 N–H and O–H groups in total. The number of para-hydroxylation sites is 1. The third kappa shape index (κ3) is 2.13. The second-order valence-electron chi connectivity index (χ2n) is 6.15. The van der Waals surface area contributed by atoms with E-state index in [1.165, 1.54) is 11.1 Å². The third-order valence-electron chi connectivity index (χ3n) is 4.79. The fourth-order valence-electron chi connectivity index (χ4n) is 3.74. The van der Waals surface area contributed by atoms with Gasteiger partial charge >= 0.3 is 5.82 Å². The van der Waals surface area contributed by atoms with Gasteiger partial charge in [-0.25, -0.2) is 4.57 Å². The fourth-order valence-corrected chi connectivity index (χ4v) is 5.10. The fraction of sp³-hybridized carbons (Fsp3) is 0.222. The van der Waals surface area contributed by atoms with Gasteiger partial charge in [-0.2, -0.15) is 0 Å². The van der Waals surface area contributed by atoms with E-state index in [2.05, 4.69) is 67.0 Å². The summed E-state index contributed by atoms with van der Waals surface area (Å²) < 4.78 is 12.3. The molecule has 0 bridgehead atoms. The molecule has 24 heavy (non-hydrogen) atoms. The van der Waals surface area contributed by atoms with E-state index < -0.39 is 0 Å². The topological polar surface area (TPSA) is 30.9 Å². The van der Waals surface area contributed by atoms with E-state index in [4.69, 9.17) is 9.84 Å². The molecular formula is C18H14Br2N3O+. The Morgan fingerprint density at radius 3 is 2.71 bits per heavy atom. The number of ether oxygens (including phenoxy) is 1. The van der Waals surface area contributed by atoms with Crippen molar-refractivity contribution in [1.29, 1.82) is 0 Å². The maximum atomic E-state index is 6.10. The molecule has 1 aliphatic heterocycles. The van der Waals surface area contributed by atoms with Crippen LogP contribution in [0.15, 0.2) is 57.7 Å². The van der Waals surface area contributed by atoms with Crippen LogP contribution in [0.25, 0.3) is 5.69 Å². The molecule has 0 amide bonds. The normalized spacial score (nSPS) is 21.2. The van der Waals surface area contributed by atoms with Crippen LogP contribution in [0, 0.1) is 0 Å². The Kier molecular flexibility index (Phi) is 3.40. The second kappa shape index (κ2) is 5.51. The highest BCUT2D eigenvalue weighted by Crippen LogP contribution is 2.36. The van der Waals surface area contributed by atoms with Crippen LogP contribution in [-0.2, 0) is 17.8 Å². The molecule has 2 aliphatic rings. The predicted molar refractivity (Wildman–Crippen MR) is 96.0 cm³/mol. The van der Waals surface area contributed by atoms with Gasteiger partial charge in [0.15, 0.2) is 5.69 Å². The lowest BCUT2D eigenvalue weighted by Crippen LogP contribution is -2.51. The first-order valence-electron chi connectivity index (χ1n) is 7.86. The molecule has 0 saturated carbocycles. The molecule has 2 unspecified atom stereocenters. The van der Waals surface area contributed by atoms with Crippen LogP contribution >= 0.6 is 31.9 Å². The predicted octanol–water partition coefficient (Wildman–Crippen LogP) is 3.73. The highest BCUT2D eigenvalue weighted by atomic mass is 79.9. The summed E-state index contributed by atoms with van der Waals surface area (Å²) in [6.07, 6.45) is 3.25. The molecule has 6 heteroatoms. The van der Waals surface area contributed by atoms with Gasteiger partial charge in [-0.05, 0) is 55.1 Å². The van der Waals surface area contributed by atoms with E-state index in [1.54, 1.807) is 0 Å². The number of aromatic nitrogens is 3. The van der Waals surface area contributed by atoms with Gasteiger partial charge < -0.3 is 4.74 Å².